The molecule has 1 aromatic carbocycles. The smallest absolute Gasteiger partial charge is 0.268 e. The largest absolute Gasteiger partial charge is 0.467 e. The average molecular weight is 429 g/mol. The summed E-state index contributed by atoms with van der Waals surface area (Å²) in [7, 11) is -3.78. The first-order valence-electron chi connectivity index (χ1n) is 9.76. The van der Waals surface area contributed by atoms with Gasteiger partial charge in [-0.1, -0.05) is 18.2 Å². The van der Waals surface area contributed by atoms with Gasteiger partial charge in [-0.15, -0.1) is 0 Å². The Morgan fingerprint density at radius 2 is 2.00 bits per heavy atom. The summed E-state index contributed by atoms with van der Waals surface area (Å²) in [5.74, 6) is 0.368. The summed E-state index contributed by atoms with van der Waals surface area (Å²) in [4.78, 5) is 12.6. The molecule has 0 spiro atoms. The number of para-hydroxylation sites is 1. The number of hydrogen-bond donors (Lipinski definition) is 1. The predicted octanol–water partition coefficient (Wildman–Crippen LogP) is 2.72. The minimum absolute atomic E-state index is 0.0795. The van der Waals surface area contributed by atoms with E-state index in [-0.39, 0.29) is 23.4 Å². The topological polar surface area (TPSA) is 97.4 Å². The third-order valence-electron chi connectivity index (χ3n) is 5.35. The van der Waals surface area contributed by atoms with Crippen molar-refractivity contribution >= 4 is 21.6 Å². The normalized spacial score (nSPS) is 14.6. The maximum atomic E-state index is 13.4. The van der Waals surface area contributed by atoms with Crippen LogP contribution in [0.4, 0.5) is 5.69 Å². The molecule has 4 rings (SSSR count). The quantitative estimate of drug-likeness (QED) is 0.651. The van der Waals surface area contributed by atoms with Crippen molar-refractivity contribution < 1.29 is 17.6 Å². The van der Waals surface area contributed by atoms with E-state index in [1.165, 1.54) is 8.99 Å². The van der Waals surface area contributed by atoms with Crippen molar-refractivity contribution in [1.29, 1.82) is 0 Å². The van der Waals surface area contributed by atoms with Crippen molar-refractivity contribution in [2.24, 2.45) is 0 Å². The molecule has 0 saturated heterocycles. The number of aryl methyl sites for hydroxylation is 1. The standard InChI is InChI=1S/C21H24N4O4S/c1-14(19-9-6-12-29-19)22-20(26)13-24-16(3)21(15(2)23-24)30(27,28)25-11-10-17-7-4-5-8-18(17)25/h4-9,12,14H,10-11,13H2,1-3H3,(H,22,26). The van der Waals surface area contributed by atoms with Crippen LogP contribution in [0.25, 0.3) is 0 Å². The molecular formula is C21H24N4O4S. The fraction of sp³-hybridized carbons (Fsp3) is 0.333. The molecule has 0 fully saturated rings. The van der Waals surface area contributed by atoms with Crippen LogP contribution in [0.15, 0.2) is 52.0 Å². The summed E-state index contributed by atoms with van der Waals surface area (Å²) in [6, 6.07) is 10.7. The van der Waals surface area contributed by atoms with Crippen molar-refractivity contribution in [2.75, 3.05) is 10.8 Å². The lowest BCUT2D eigenvalue weighted by Crippen LogP contribution is -2.31. The second-order valence-corrected chi connectivity index (χ2v) is 9.22. The molecule has 0 radical (unpaired) electrons. The Labute approximate surface area is 175 Å². The molecule has 3 aromatic rings. The number of amides is 1. The van der Waals surface area contributed by atoms with Gasteiger partial charge in [0, 0.05) is 6.54 Å². The Morgan fingerprint density at radius 1 is 1.23 bits per heavy atom. The van der Waals surface area contributed by atoms with E-state index >= 15 is 0 Å². The van der Waals surface area contributed by atoms with Gasteiger partial charge in [-0.2, -0.15) is 5.10 Å². The Kier molecular flexibility index (Phi) is 5.15. The highest BCUT2D eigenvalue weighted by Crippen LogP contribution is 2.34. The summed E-state index contributed by atoms with van der Waals surface area (Å²) in [6.07, 6.45) is 2.22. The first-order valence-corrected chi connectivity index (χ1v) is 11.2. The molecule has 1 amide bonds. The zero-order chi connectivity index (χ0) is 21.5. The molecule has 3 heterocycles. The van der Waals surface area contributed by atoms with Gasteiger partial charge in [0.05, 0.1) is 29.4 Å². The number of carbonyl (C=O) groups is 1. The lowest BCUT2D eigenvalue weighted by molar-refractivity contribution is -0.122. The van der Waals surface area contributed by atoms with Crippen LogP contribution in [0, 0.1) is 13.8 Å². The molecule has 30 heavy (non-hydrogen) atoms. The van der Waals surface area contributed by atoms with Crippen LogP contribution in [0.3, 0.4) is 0 Å². The van der Waals surface area contributed by atoms with E-state index < -0.39 is 10.0 Å². The Bertz CT molecular complexity index is 1180. The van der Waals surface area contributed by atoms with Gasteiger partial charge >= 0.3 is 0 Å². The third kappa shape index (κ3) is 3.49. The fourth-order valence-electron chi connectivity index (χ4n) is 3.91. The second-order valence-electron chi connectivity index (χ2n) is 7.42. The fourth-order valence-corrected chi connectivity index (χ4v) is 5.79. The van der Waals surface area contributed by atoms with Gasteiger partial charge in [-0.3, -0.25) is 13.8 Å². The summed E-state index contributed by atoms with van der Waals surface area (Å²) in [5, 5.41) is 7.18. The molecule has 1 aliphatic rings. The van der Waals surface area contributed by atoms with E-state index in [0.29, 0.717) is 35.8 Å². The Balaban J connectivity index is 1.57. The molecule has 0 saturated carbocycles. The lowest BCUT2D eigenvalue weighted by atomic mass is 10.2. The minimum atomic E-state index is -3.78. The van der Waals surface area contributed by atoms with E-state index in [2.05, 4.69) is 10.4 Å². The van der Waals surface area contributed by atoms with E-state index in [4.69, 9.17) is 4.42 Å². The number of furan rings is 1. The number of benzene rings is 1. The number of aromatic nitrogens is 2. The van der Waals surface area contributed by atoms with Crippen molar-refractivity contribution in [3.8, 4) is 0 Å². The van der Waals surface area contributed by atoms with Gasteiger partial charge < -0.3 is 9.73 Å². The van der Waals surface area contributed by atoms with Crippen LogP contribution in [-0.2, 0) is 27.8 Å². The van der Waals surface area contributed by atoms with Crippen molar-refractivity contribution in [3.63, 3.8) is 0 Å². The zero-order valence-corrected chi connectivity index (χ0v) is 17.9. The molecule has 1 N–H and O–H groups in total. The van der Waals surface area contributed by atoms with Crippen molar-refractivity contribution in [2.45, 2.75) is 44.7 Å². The Morgan fingerprint density at radius 3 is 2.73 bits per heavy atom. The SMILES string of the molecule is Cc1nn(CC(=O)NC(C)c2ccco2)c(C)c1S(=O)(=O)N1CCc2ccccc21. The highest BCUT2D eigenvalue weighted by molar-refractivity contribution is 7.93. The maximum absolute atomic E-state index is 13.4. The number of nitrogens with zero attached hydrogens (tertiary/aromatic N) is 3. The minimum Gasteiger partial charge on any atom is -0.467 e. The van der Waals surface area contributed by atoms with E-state index in [1.54, 1.807) is 32.2 Å². The van der Waals surface area contributed by atoms with Gasteiger partial charge in [-0.05, 0) is 51.0 Å². The molecule has 1 unspecified atom stereocenters. The second kappa shape index (κ2) is 7.64. The highest BCUT2D eigenvalue weighted by atomic mass is 32.2. The maximum Gasteiger partial charge on any atom is 0.268 e. The van der Waals surface area contributed by atoms with Gasteiger partial charge in [-0.25, -0.2) is 8.42 Å². The molecule has 2 aromatic heterocycles. The van der Waals surface area contributed by atoms with Crippen LogP contribution in [0.1, 0.15) is 35.7 Å². The van der Waals surface area contributed by atoms with Crippen LogP contribution in [-0.4, -0.2) is 30.7 Å². The number of nitrogens with one attached hydrogen (secondary N) is 1. The summed E-state index contributed by atoms with van der Waals surface area (Å²) >= 11 is 0. The highest BCUT2D eigenvalue weighted by Gasteiger charge is 2.35. The number of fused-ring (bicyclic) bond motifs is 1. The first-order chi connectivity index (χ1) is 14.3. The monoisotopic (exact) mass is 428 g/mol. The lowest BCUT2D eigenvalue weighted by Gasteiger charge is -2.19. The van der Waals surface area contributed by atoms with Crippen LogP contribution < -0.4 is 9.62 Å². The van der Waals surface area contributed by atoms with Crippen LogP contribution in [0.2, 0.25) is 0 Å². The van der Waals surface area contributed by atoms with Crippen LogP contribution in [0.5, 0.6) is 0 Å². The summed E-state index contributed by atoms with van der Waals surface area (Å²) in [6.45, 7) is 5.47. The van der Waals surface area contributed by atoms with Gasteiger partial charge in [0.25, 0.3) is 10.0 Å². The molecule has 158 valence electrons. The molecule has 9 heteroatoms. The summed E-state index contributed by atoms with van der Waals surface area (Å²) in [5.41, 5.74) is 2.53. The van der Waals surface area contributed by atoms with E-state index in [9.17, 15) is 13.2 Å². The molecule has 0 bridgehead atoms. The molecule has 1 atom stereocenters. The van der Waals surface area contributed by atoms with E-state index in [1.807, 2.05) is 31.2 Å². The van der Waals surface area contributed by atoms with Crippen LogP contribution >= 0.6 is 0 Å². The number of carbonyl (C=O) groups excluding carboxylic acids is 1. The molecule has 0 aliphatic carbocycles. The predicted molar refractivity (Wildman–Crippen MR) is 112 cm³/mol. The summed E-state index contributed by atoms with van der Waals surface area (Å²) < 4.78 is 35.0. The van der Waals surface area contributed by atoms with Crippen molar-refractivity contribution in [1.82, 2.24) is 15.1 Å². The first kappa shape index (κ1) is 20.2. The third-order valence-corrected chi connectivity index (χ3v) is 7.41. The van der Waals surface area contributed by atoms with Gasteiger partial charge in [0.2, 0.25) is 5.91 Å². The van der Waals surface area contributed by atoms with Crippen molar-refractivity contribution in [3.05, 3.63) is 65.4 Å². The number of hydrogen-bond acceptors (Lipinski definition) is 5. The number of anilines is 1. The number of rotatable bonds is 6. The molecular weight excluding hydrogens is 404 g/mol. The van der Waals surface area contributed by atoms with Gasteiger partial charge in [0.1, 0.15) is 17.2 Å². The molecule has 1 aliphatic heterocycles. The average Bonchev–Trinajstić information content (AvgIpc) is 3.41. The zero-order valence-electron chi connectivity index (χ0n) is 17.1. The molecule has 8 nitrogen and oxygen atoms in total. The Hall–Kier alpha value is -3.07. The van der Waals surface area contributed by atoms with Gasteiger partial charge in [0.15, 0.2) is 0 Å². The van der Waals surface area contributed by atoms with E-state index in [0.717, 1.165) is 5.56 Å². The number of sulfonamides is 1.